The summed E-state index contributed by atoms with van der Waals surface area (Å²) >= 11 is 12.4. The molecule has 1 saturated carbocycles. The monoisotopic (exact) mass is 484 g/mol. The molecular weight excluding hydrogens is 451 g/mol. The van der Waals surface area contributed by atoms with Gasteiger partial charge in [0.1, 0.15) is 0 Å². The summed E-state index contributed by atoms with van der Waals surface area (Å²) in [5.74, 6) is -0.766. The van der Waals surface area contributed by atoms with Crippen molar-refractivity contribution >= 4 is 35.2 Å². The van der Waals surface area contributed by atoms with E-state index < -0.39 is 17.6 Å². The number of alkyl carbamates (subject to hydrolysis) is 1. The molecule has 0 radical (unpaired) electrons. The van der Waals surface area contributed by atoms with Crippen LogP contribution in [-0.4, -0.2) is 53.3 Å². The van der Waals surface area contributed by atoms with Gasteiger partial charge in [0.25, 0.3) is 0 Å². The van der Waals surface area contributed by atoms with Crippen LogP contribution in [0.1, 0.15) is 76.2 Å². The lowest BCUT2D eigenvalue weighted by Gasteiger charge is -2.42. The summed E-state index contributed by atoms with van der Waals surface area (Å²) in [4.78, 5) is 27.4. The van der Waals surface area contributed by atoms with Crippen LogP contribution in [0.15, 0.2) is 18.2 Å². The van der Waals surface area contributed by atoms with Crippen molar-refractivity contribution in [3.05, 3.63) is 33.8 Å². The summed E-state index contributed by atoms with van der Waals surface area (Å²) in [5, 5.41) is 15.2. The third-order valence-electron chi connectivity index (χ3n) is 6.64. The number of rotatable bonds is 7. The van der Waals surface area contributed by atoms with Gasteiger partial charge in [-0.05, 0) is 49.8 Å². The van der Waals surface area contributed by atoms with E-state index in [0.29, 0.717) is 61.0 Å². The molecule has 1 aromatic rings. The molecule has 2 aliphatic rings. The molecule has 2 N–H and O–H groups in total. The van der Waals surface area contributed by atoms with Gasteiger partial charge in [0, 0.05) is 19.1 Å². The third kappa shape index (κ3) is 6.30. The Balaban J connectivity index is 1.68. The van der Waals surface area contributed by atoms with Crippen LogP contribution in [0.2, 0.25) is 10.0 Å². The van der Waals surface area contributed by atoms with Crippen molar-refractivity contribution in [1.29, 1.82) is 0 Å². The van der Waals surface area contributed by atoms with Gasteiger partial charge in [0.15, 0.2) is 0 Å². The van der Waals surface area contributed by atoms with Crippen LogP contribution >= 0.6 is 23.2 Å². The van der Waals surface area contributed by atoms with Crippen LogP contribution in [0.4, 0.5) is 4.79 Å². The Hall–Kier alpha value is -1.50. The second-order valence-electron chi connectivity index (χ2n) is 9.00. The highest BCUT2D eigenvalue weighted by Gasteiger charge is 2.45. The summed E-state index contributed by atoms with van der Waals surface area (Å²) in [6.07, 6.45) is 6.77. The van der Waals surface area contributed by atoms with E-state index in [1.807, 2.05) is 6.92 Å². The summed E-state index contributed by atoms with van der Waals surface area (Å²) in [6, 6.07) is 5.17. The first-order valence-electron chi connectivity index (χ1n) is 11.7. The number of carbonyl (C=O) groups is 2. The quantitative estimate of drug-likeness (QED) is 0.515. The maximum absolute atomic E-state index is 13.7. The van der Waals surface area contributed by atoms with Gasteiger partial charge in [-0.15, -0.1) is 0 Å². The predicted molar refractivity (Wildman–Crippen MR) is 126 cm³/mol. The molecule has 0 spiro atoms. The molecular formula is C24H34Cl2N2O4. The van der Waals surface area contributed by atoms with E-state index in [9.17, 15) is 14.7 Å². The normalized spacial score (nSPS) is 19.9. The van der Waals surface area contributed by atoms with Gasteiger partial charge >= 0.3 is 6.09 Å². The maximum Gasteiger partial charge on any atom is 0.407 e. The molecule has 8 heteroatoms. The Labute approximate surface area is 200 Å². The minimum absolute atomic E-state index is 0.0191. The number of likely N-dealkylation sites (tertiary alicyclic amines) is 1. The minimum atomic E-state index is -1.09. The number of unbranched alkanes of at least 4 members (excludes halogenated alkanes) is 1. The minimum Gasteiger partial charge on any atom is -0.450 e. The maximum atomic E-state index is 13.7. The van der Waals surface area contributed by atoms with Crippen molar-refractivity contribution in [1.82, 2.24) is 10.2 Å². The van der Waals surface area contributed by atoms with Crippen LogP contribution in [0.25, 0.3) is 0 Å². The number of nitrogens with zero attached hydrogens (tertiary/aromatic N) is 1. The van der Waals surface area contributed by atoms with E-state index in [1.54, 1.807) is 23.1 Å². The Morgan fingerprint density at radius 2 is 1.88 bits per heavy atom. The number of ether oxygens (including phenoxy) is 1. The first-order chi connectivity index (χ1) is 15.3. The molecule has 3 rings (SSSR count). The van der Waals surface area contributed by atoms with E-state index in [2.05, 4.69) is 5.32 Å². The highest BCUT2D eigenvalue weighted by Crippen LogP contribution is 2.42. The molecule has 1 unspecified atom stereocenters. The van der Waals surface area contributed by atoms with Crippen LogP contribution in [0, 0.1) is 0 Å². The molecule has 2 amide bonds. The smallest absolute Gasteiger partial charge is 0.407 e. The molecule has 1 aliphatic heterocycles. The number of aliphatic hydroxyl groups is 1. The van der Waals surface area contributed by atoms with E-state index >= 15 is 0 Å². The number of piperidine rings is 1. The average Bonchev–Trinajstić information content (AvgIpc) is 2.77. The fourth-order valence-corrected chi connectivity index (χ4v) is 5.08. The van der Waals surface area contributed by atoms with E-state index in [-0.39, 0.29) is 11.9 Å². The Bertz CT molecular complexity index is 790. The fraction of sp³-hybridized carbons (Fsp3) is 0.667. The lowest BCUT2D eigenvalue weighted by atomic mass is 9.72. The van der Waals surface area contributed by atoms with Crippen molar-refractivity contribution in [3.8, 4) is 0 Å². The summed E-state index contributed by atoms with van der Waals surface area (Å²) < 4.78 is 5.18. The number of nitrogens with one attached hydrogen (secondary N) is 1. The van der Waals surface area contributed by atoms with Crippen LogP contribution in [-0.2, 0) is 9.53 Å². The zero-order chi connectivity index (χ0) is 23.1. The van der Waals surface area contributed by atoms with Gasteiger partial charge in [0.05, 0.1) is 28.2 Å². The molecule has 1 heterocycles. The third-order valence-corrected chi connectivity index (χ3v) is 7.38. The molecule has 1 saturated heterocycles. The summed E-state index contributed by atoms with van der Waals surface area (Å²) in [6.45, 7) is 3.51. The molecule has 0 aromatic heterocycles. The lowest BCUT2D eigenvalue weighted by Crippen LogP contribution is -2.52. The molecule has 1 aromatic carbocycles. The highest BCUT2D eigenvalue weighted by molar-refractivity contribution is 6.42. The van der Waals surface area contributed by atoms with Crippen LogP contribution in [0.5, 0.6) is 0 Å². The largest absolute Gasteiger partial charge is 0.450 e. The number of hydrogen-bond acceptors (Lipinski definition) is 4. The number of amides is 2. The topological polar surface area (TPSA) is 78.9 Å². The Morgan fingerprint density at radius 1 is 1.19 bits per heavy atom. The SMILES string of the molecule is CCCCOC(=O)NC1CCN(C(=O)C(c2ccc(Cl)c(Cl)c2)C2(O)CCCCC2)CC1. The van der Waals surface area contributed by atoms with Gasteiger partial charge < -0.3 is 20.1 Å². The second-order valence-corrected chi connectivity index (χ2v) is 9.82. The molecule has 32 heavy (non-hydrogen) atoms. The molecule has 0 bridgehead atoms. The zero-order valence-electron chi connectivity index (χ0n) is 18.7. The summed E-state index contributed by atoms with van der Waals surface area (Å²) in [7, 11) is 0. The first-order valence-corrected chi connectivity index (χ1v) is 12.5. The van der Waals surface area contributed by atoms with Gasteiger partial charge in [-0.3, -0.25) is 4.79 Å². The van der Waals surface area contributed by atoms with E-state index in [4.69, 9.17) is 27.9 Å². The van der Waals surface area contributed by atoms with Gasteiger partial charge in [-0.1, -0.05) is 61.9 Å². The molecule has 1 atom stereocenters. The molecule has 1 aliphatic carbocycles. The second kappa shape index (κ2) is 11.6. The predicted octanol–water partition coefficient (Wildman–Crippen LogP) is 5.29. The first kappa shape index (κ1) is 25.1. The van der Waals surface area contributed by atoms with Gasteiger partial charge in [0.2, 0.25) is 5.91 Å². The molecule has 178 valence electrons. The average molecular weight is 485 g/mol. The van der Waals surface area contributed by atoms with Crippen LogP contribution in [0.3, 0.4) is 0 Å². The van der Waals surface area contributed by atoms with Crippen molar-refractivity contribution in [2.45, 2.75) is 82.3 Å². The lowest BCUT2D eigenvalue weighted by molar-refractivity contribution is -0.142. The molecule has 2 fully saturated rings. The fourth-order valence-electron chi connectivity index (χ4n) is 4.77. The number of benzene rings is 1. The standard InChI is InChI=1S/C24H34Cl2N2O4/c1-2-3-15-32-23(30)27-18-9-13-28(14-10-18)22(29)21(24(31)11-5-4-6-12-24)17-7-8-19(25)20(26)16-17/h7-8,16,18,21,31H,2-6,9-15H2,1H3,(H,27,30). The molecule has 6 nitrogen and oxygen atoms in total. The van der Waals surface area contributed by atoms with Gasteiger partial charge in [-0.25, -0.2) is 4.79 Å². The number of carbonyl (C=O) groups excluding carboxylic acids is 2. The van der Waals surface area contributed by atoms with E-state index in [0.717, 1.165) is 32.1 Å². The Kier molecular flexibility index (Phi) is 9.09. The zero-order valence-corrected chi connectivity index (χ0v) is 20.3. The van der Waals surface area contributed by atoms with Crippen molar-refractivity contribution < 1.29 is 19.4 Å². The number of halogens is 2. The van der Waals surface area contributed by atoms with Crippen LogP contribution < -0.4 is 5.32 Å². The number of hydrogen-bond donors (Lipinski definition) is 2. The highest BCUT2D eigenvalue weighted by atomic mass is 35.5. The van der Waals surface area contributed by atoms with Crippen molar-refractivity contribution in [2.24, 2.45) is 0 Å². The van der Waals surface area contributed by atoms with Crippen molar-refractivity contribution in [2.75, 3.05) is 19.7 Å². The van der Waals surface area contributed by atoms with Gasteiger partial charge in [-0.2, -0.15) is 0 Å². The summed E-state index contributed by atoms with van der Waals surface area (Å²) in [5.41, 5.74) is -0.390. The van der Waals surface area contributed by atoms with E-state index in [1.165, 1.54) is 0 Å². The van der Waals surface area contributed by atoms with Crippen molar-refractivity contribution in [3.63, 3.8) is 0 Å². The Morgan fingerprint density at radius 3 is 2.50 bits per heavy atom.